The Morgan fingerprint density at radius 2 is 1.52 bits per heavy atom. The Morgan fingerprint density at radius 3 is 2.04 bits per heavy atom. The first-order valence-corrected chi connectivity index (χ1v) is 8.90. The first kappa shape index (κ1) is 20.5. The third-order valence-corrected chi connectivity index (χ3v) is 5.21. The van der Waals surface area contributed by atoms with E-state index in [1.807, 2.05) is 27.7 Å². The average Bonchev–Trinajstić information content (AvgIpc) is 2.57. The van der Waals surface area contributed by atoms with E-state index >= 15 is 0 Å². The highest BCUT2D eigenvalue weighted by molar-refractivity contribution is 5.99. The molecule has 0 aliphatic rings. The summed E-state index contributed by atoms with van der Waals surface area (Å²) in [6.45, 7) is 12.1. The van der Waals surface area contributed by atoms with Crippen LogP contribution in [0.1, 0.15) is 67.9 Å². The van der Waals surface area contributed by atoms with Crippen LogP contribution in [0.3, 0.4) is 0 Å². The molecule has 0 radical (unpaired) electrons. The number of rotatable bonds is 4. The van der Waals surface area contributed by atoms with Crippen molar-refractivity contribution < 1.29 is 24.5 Å². The van der Waals surface area contributed by atoms with Crippen molar-refractivity contribution in [3.8, 4) is 17.2 Å². The molecule has 0 amide bonds. The molecular formula is C22H26O5. The minimum absolute atomic E-state index is 0.0247. The summed E-state index contributed by atoms with van der Waals surface area (Å²) >= 11 is 0. The molecule has 144 valence electrons. The molecule has 5 heteroatoms. The Bertz CT molecular complexity index is 954. The number of benzene rings is 2. The lowest BCUT2D eigenvalue weighted by Crippen LogP contribution is -2.16. The van der Waals surface area contributed by atoms with Gasteiger partial charge in [-0.15, -0.1) is 0 Å². The highest BCUT2D eigenvalue weighted by Gasteiger charge is 2.25. The molecule has 2 aromatic carbocycles. The van der Waals surface area contributed by atoms with Crippen LogP contribution >= 0.6 is 0 Å². The van der Waals surface area contributed by atoms with Gasteiger partial charge >= 0.3 is 5.97 Å². The maximum absolute atomic E-state index is 12.9. The van der Waals surface area contributed by atoms with Gasteiger partial charge in [-0.2, -0.15) is 0 Å². The molecule has 0 heterocycles. The minimum Gasteiger partial charge on any atom is -0.508 e. The quantitative estimate of drug-likeness (QED) is 0.466. The molecule has 0 saturated heterocycles. The summed E-state index contributed by atoms with van der Waals surface area (Å²) in [6.07, 6.45) is 0.593. The number of esters is 1. The zero-order valence-electron chi connectivity index (χ0n) is 16.9. The zero-order valence-corrected chi connectivity index (χ0v) is 16.9. The van der Waals surface area contributed by atoms with Crippen molar-refractivity contribution in [2.24, 2.45) is 0 Å². The number of ether oxygens (including phenoxy) is 1. The number of carbonyl (C=O) groups is 2. The van der Waals surface area contributed by atoms with Crippen LogP contribution in [0.25, 0.3) is 0 Å². The largest absolute Gasteiger partial charge is 0.508 e. The molecule has 0 unspecified atom stereocenters. The van der Waals surface area contributed by atoms with Gasteiger partial charge in [-0.25, -0.2) is 4.79 Å². The second-order valence-corrected chi connectivity index (χ2v) is 6.92. The van der Waals surface area contributed by atoms with Crippen LogP contribution in [0.4, 0.5) is 0 Å². The minimum atomic E-state index is -0.694. The van der Waals surface area contributed by atoms with E-state index in [2.05, 4.69) is 0 Å². The summed E-state index contributed by atoms with van der Waals surface area (Å²) in [4.78, 5) is 24.9. The standard InChI is InChI=1S/C22H26O5/c1-8-16-13(5)19(15(7)23)11(3)12(4)21(16)27-22(26)18-10(2)9-17(24)14(6)20(18)25/h9,24-25H,8H2,1-7H3. The molecule has 0 atom stereocenters. The monoisotopic (exact) mass is 370 g/mol. The van der Waals surface area contributed by atoms with Crippen molar-refractivity contribution in [3.05, 3.63) is 50.6 Å². The molecule has 2 rings (SSSR count). The van der Waals surface area contributed by atoms with E-state index in [4.69, 9.17) is 4.74 Å². The number of aromatic hydroxyl groups is 2. The van der Waals surface area contributed by atoms with Crippen molar-refractivity contribution in [2.45, 2.75) is 54.9 Å². The van der Waals surface area contributed by atoms with Gasteiger partial charge in [-0.05, 0) is 81.8 Å². The van der Waals surface area contributed by atoms with Crippen LogP contribution < -0.4 is 4.74 Å². The number of carbonyl (C=O) groups excluding carboxylic acids is 2. The fourth-order valence-corrected chi connectivity index (χ4v) is 3.56. The SMILES string of the molecule is CCc1c(C)c(C(C)=O)c(C)c(C)c1OC(=O)c1c(C)cc(O)c(C)c1O. The number of ketones is 1. The smallest absolute Gasteiger partial charge is 0.347 e. The predicted molar refractivity (Wildman–Crippen MR) is 104 cm³/mol. The molecule has 0 spiro atoms. The molecule has 2 N–H and O–H groups in total. The molecule has 27 heavy (non-hydrogen) atoms. The summed E-state index contributed by atoms with van der Waals surface area (Å²) in [6, 6.07) is 1.43. The molecule has 0 aliphatic carbocycles. The molecule has 2 aromatic rings. The molecular weight excluding hydrogens is 344 g/mol. The summed E-state index contributed by atoms with van der Waals surface area (Å²) in [5, 5.41) is 20.1. The molecule has 5 nitrogen and oxygen atoms in total. The second kappa shape index (κ2) is 7.43. The molecule has 0 fully saturated rings. The summed E-state index contributed by atoms with van der Waals surface area (Å²) < 4.78 is 5.71. The van der Waals surface area contributed by atoms with Crippen LogP contribution in [0, 0.1) is 34.6 Å². The normalized spacial score (nSPS) is 10.8. The number of hydrogen-bond donors (Lipinski definition) is 2. The van der Waals surface area contributed by atoms with E-state index in [1.54, 1.807) is 6.92 Å². The van der Waals surface area contributed by atoms with Gasteiger partial charge in [0, 0.05) is 11.1 Å². The van der Waals surface area contributed by atoms with Gasteiger partial charge in [-0.1, -0.05) is 6.92 Å². The van der Waals surface area contributed by atoms with Crippen molar-refractivity contribution in [2.75, 3.05) is 0 Å². The Balaban J connectivity index is 2.64. The van der Waals surface area contributed by atoms with E-state index in [0.29, 0.717) is 23.3 Å². The van der Waals surface area contributed by atoms with E-state index < -0.39 is 5.97 Å². The van der Waals surface area contributed by atoms with Crippen molar-refractivity contribution in [1.82, 2.24) is 0 Å². The van der Waals surface area contributed by atoms with Crippen LogP contribution in [0.5, 0.6) is 17.2 Å². The predicted octanol–water partition coefficient (Wildman–Crippen LogP) is 4.62. The van der Waals surface area contributed by atoms with Crippen LogP contribution in [0.15, 0.2) is 6.07 Å². The van der Waals surface area contributed by atoms with E-state index in [1.165, 1.54) is 19.9 Å². The Hall–Kier alpha value is -2.82. The fraction of sp³-hybridized carbons (Fsp3) is 0.364. The van der Waals surface area contributed by atoms with E-state index in [-0.39, 0.29) is 28.4 Å². The van der Waals surface area contributed by atoms with Gasteiger partial charge in [0.15, 0.2) is 5.78 Å². The first-order chi connectivity index (χ1) is 12.5. The highest BCUT2D eigenvalue weighted by atomic mass is 16.5. The third-order valence-electron chi connectivity index (χ3n) is 5.21. The maximum Gasteiger partial charge on any atom is 0.347 e. The Labute approximate surface area is 159 Å². The van der Waals surface area contributed by atoms with E-state index in [9.17, 15) is 19.8 Å². The molecule has 0 aliphatic heterocycles. The fourth-order valence-electron chi connectivity index (χ4n) is 3.56. The topological polar surface area (TPSA) is 83.8 Å². The maximum atomic E-state index is 12.9. The average molecular weight is 370 g/mol. The Kier molecular flexibility index (Phi) is 5.64. The van der Waals surface area contributed by atoms with Crippen molar-refractivity contribution in [1.29, 1.82) is 0 Å². The van der Waals surface area contributed by atoms with Gasteiger partial charge in [0.2, 0.25) is 0 Å². The van der Waals surface area contributed by atoms with Gasteiger partial charge in [-0.3, -0.25) is 4.79 Å². The lowest BCUT2D eigenvalue weighted by Gasteiger charge is -2.21. The highest BCUT2D eigenvalue weighted by Crippen LogP contribution is 2.37. The molecule has 0 aromatic heterocycles. The van der Waals surface area contributed by atoms with Crippen molar-refractivity contribution >= 4 is 11.8 Å². The Morgan fingerprint density at radius 1 is 0.926 bits per heavy atom. The van der Waals surface area contributed by atoms with Gasteiger partial charge in [0.25, 0.3) is 0 Å². The van der Waals surface area contributed by atoms with Gasteiger partial charge in [0.1, 0.15) is 22.8 Å². The number of hydrogen-bond acceptors (Lipinski definition) is 5. The second-order valence-electron chi connectivity index (χ2n) is 6.92. The molecule has 0 bridgehead atoms. The number of phenolic OH excluding ortho intramolecular Hbond substituents is 2. The number of aryl methyl sites for hydroxylation is 1. The molecule has 0 saturated carbocycles. The van der Waals surface area contributed by atoms with Gasteiger partial charge < -0.3 is 14.9 Å². The van der Waals surface area contributed by atoms with Crippen LogP contribution in [-0.2, 0) is 6.42 Å². The van der Waals surface area contributed by atoms with Crippen molar-refractivity contribution in [3.63, 3.8) is 0 Å². The first-order valence-electron chi connectivity index (χ1n) is 8.90. The third kappa shape index (κ3) is 3.42. The summed E-state index contributed by atoms with van der Waals surface area (Å²) in [7, 11) is 0. The van der Waals surface area contributed by atoms with Crippen LogP contribution in [0.2, 0.25) is 0 Å². The summed E-state index contributed by atoms with van der Waals surface area (Å²) in [5.74, 6) is -0.665. The van der Waals surface area contributed by atoms with Gasteiger partial charge in [0.05, 0.1) is 0 Å². The number of Topliss-reactive ketones (excluding diaryl/α,β-unsaturated/α-hetero) is 1. The zero-order chi connectivity index (χ0) is 20.6. The lowest BCUT2D eigenvalue weighted by atomic mass is 9.89. The van der Waals surface area contributed by atoms with E-state index in [0.717, 1.165) is 22.3 Å². The van der Waals surface area contributed by atoms with Crippen LogP contribution in [-0.4, -0.2) is 22.0 Å². The lowest BCUT2D eigenvalue weighted by molar-refractivity contribution is 0.0727. The summed E-state index contributed by atoms with van der Waals surface area (Å²) in [5.41, 5.74) is 4.43. The number of phenols is 2.